The van der Waals surface area contributed by atoms with Gasteiger partial charge in [0, 0.05) is 19.1 Å². The van der Waals surface area contributed by atoms with E-state index in [1.54, 1.807) is 10.9 Å². The molecule has 0 saturated carbocycles. The van der Waals surface area contributed by atoms with Gasteiger partial charge in [0.2, 0.25) is 0 Å². The molecule has 5 nitrogen and oxygen atoms in total. The van der Waals surface area contributed by atoms with Crippen LogP contribution in [0.25, 0.3) is 0 Å². The van der Waals surface area contributed by atoms with E-state index in [2.05, 4.69) is 15.6 Å². The van der Waals surface area contributed by atoms with Crippen molar-refractivity contribution in [1.29, 1.82) is 0 Å². The number of nitrogens with two attached hydrogens (primary N) is 1. The van der Waals surface area contributed by atoms with Gasteiger partial charge >= 0.3 is 0 Å². The average Bonchev–Trinajstić information content (AvgIpc) is 2.29. The third-order valence-corrected chi connectivity index (χ3v) is 1.44. The van der Waals surface area contributed by atoms with Gasteiger partial charge in [-0.2, -0.15) is 0 Å². The number of hydrogen-bond acceptors (Lipinski definition) is 4. The molecular formula is C7H15N5. The zero-order chi connectivity index (χ0) is 9.19. The Kier molecular flexibility index (Phi) is 2.32. The molecule has 1 aromatic rings. The molecule has 0 aliphatic heterocycles. The van der Waals surface area contributed by atoms with E-state index in [1.165, 1.54) is 0 Å². The van der Waals surface area contributed by atoms with Crippen LogP contribution in [0.4, 0.5) is 5.82 Å². The van der Waals surface area contributed by atoms with Gasteiger partial charge in [-0.05, 0) is 13.8 Å². The first kappa shape index (κ1) is 8.99. The Morgan fingerprint density at radius 2 is 2.33 bits per heavy atom. The zero-order valence-corrected chi connectivity index (χ0v) is 7.70. The fraction of sp³-hybridized carbons (Fsp3) is 0.714. The summed E-state index contributed by atoms with van der Waals surface area (Å²) in [5.41, 5.74) is 5.57. The highest BCUT2D eigenvalue weighted by molar-refractivity contribution is 5.31. The predicted molar refractivity (Wildman–Crippen MR) is 47.8 cm³/mol. The van der Waals surface area contributed by atoms with Crippen molar-refractivity contribution < 1.29 is 0 Å². The summed E-state index contributed by atoms with van der Waals surface area (Å²) in [4.78, 5) is 0. The zero-order valence-electron chi connectivity index (χ0n) is 7.70. The maximum Gasteiger partial charge on any atom is 0.144 e. The maximum atomic E-state index is 5.79. The highest BCUT2D eigenvalue weighted by Crippen LogP contribution is 2.03. The molecule has 0 bridgehead atoms. The summed E-state index contributed by atoms with van der Waals surface area (Å²) in [7, 11) is 1.83. The number of rotatable bonds is 3. The molecule has 3 N–H and O–H groups in total. The van der Waals surface area contributed by atoms with E-state index in [4.69, 9.17) is 5.73 Å². The molecule has 0 saturated heterocycles. The van der Waals surface area contributed by atoms with Crippen LogP contribution in [0.1, 0.15) is 13.8 Å². The Balaban J connectivity index is 2.49. The Labute approximate surface area is 71.9 Å². The van der Waals surface area contributed by atoms with Gasteiger partial charge in [-0.1, -0.05) is 5.21 Å². The van der Waals surface area contributed by atoms with Crippen molar-refractivity contribution in [1.82, 2.24) is 15.0 Å². The molecule has 1 rings (SSSR count). The second-order valence-corrected chi connectivity index (χ2v) is 3.58. The van der Waals surface area contributed by atoms with Crippen LogP contribution in [0.15, 0.2) is 6.20 Å². The molecule has 1 heterocycles. The maximum absolute atomic E-state index is 5.79. The van der Waals surface area contributed by atoms with Gasteiger partial charge < -0.3 is 11.1 Å². The van der Waals surface area contributed by atoms with Crippen LogP contribution in [0.5, 0.6) is 0 Å². The molecule has 0 aromatic carbocycles. The fourth-order valence-corrected chi connectivity index (χ4v) is 0.768. The van der Waals surface area contributed by atoms with Gasteiger partial charge in [-0.25, -0.2) is 4.68 Å². The van der Waals surface area contributed by atoms with Crippen molar-refractivity contribution in [3.63, 3.8) is 0 Å². The van der Waals surface area contributed by atoms with Gasteiger partial charge in [0.15, 0.2) is 0 Å². The molecule has 5 heteroatoms. The van der Waals surface area contributed by atoms with Crippen LogP contribution in [-0.2, 0) is 7.05 Å². The Hall–Kier alpha value is -1.10. The molecule has 0 amide bonds. The average molecular weight is 169 g/mol. The van der Waals surface area contributed by atoms with Crippen molar-refractivity contribution in [2.24, 2.45) is 12.8 Å². The number of nitrogens with zero attached hydrogens (tertiary/aromatic N) is 3. The lowest BCUT2D eigenvalue weighted by molar-refractivity contribution is 0.546. The molecular weight excluding hydrogens is 154 g/mol. The third-order valence-electron chi connectivity index (χ3n) is 1.44. The second-order valence-electron chi connectivity index (χ2n) is 3.58. The number of aryl methyl sites for hydroxylation is 1. The normalized spacial score (nSPS) is 11.7. The summed E-state index contributed by atoms with van der Waals surface area (Å²) in [6.45, 7) is 4.63. The fourth-order valence-electron chi connectivity index (χ4n) is 0.768. The second kappa shape index (κ2) is 3.10. The minimum absolute atomic E-state index is 0.218. The van der Waals surface area contributed by atoms with Gasteiger partial charge in [0.25, 0.3) is 0 Å². The van der Waals surface area contributed by atoms with Crippen molar-refractivity contribution in [3.8, 4) is 0 Å². The Bertz CT molecular complexity index is 247. The summed E-state index contributed by atoms with van der Waals surface area (Å²) >= 11 is 0. The smallest absolute Gasteiger partial charge is 0.144 e. The highest BCUT2D eigenvalue weighted by Gasteiger charge is 2.10. The lowest BCUT2D eigenvalue weighted by Crippen LogP contribution is -2.39. The van der Waals surface area contributed by atoms with Crippen LogP contribution in [0.2, 0.25) is 0 Å². The molecule has 1 aromatic heterocycles. The van der Waals surface area contributed by atoms with Gasteiger partial charge in [-0.15, -0.1) is 5.10 Å². The summed E-state index contributed by atoms with van der Waals surface area (Å²) in [5.74, 6) is 0.883. The SMILES string of the molecule is Cn1nncc1NCC(C)(C)N. The molecule has 0 spiro atoms. The van der Waals surface area contributed by atoms with E-state index in [0.29, 0.717) is 6.54 Å². The quantitative estimate of drug-likeness (QED) is 0.666. The van der Waals surface area contributed by atoms with E-state index in [-0.39, 0.29) is 5.54 Å². The lowest BCUT2D eigenvalue weighted by Gasteiger charge is -2.19. The first-order valence-electron chi connectivity index (χ1n) is 3.86. The molecule has 12 heavy (non-hydrogen) atoms. The van der Waals surface area contributed by atoms with Crippen molar-refractivity contribution in [2.75, 3.05) is 11.9 Å². The van der Waals surface area contributed by atoms with Crippen molar-refractivity contribution in [3.05, 3.63) is 6.20 Å². The predicted octanol–water partition coefficient (Wildman–Crippen LogP) is -0.0357. The van der Waals surface area contributed by atoms with Gasteiger partial charge in [0.05, 0.1) is 6.20 Å². The third kappa shape index (κ3) is 2.50. The summed E-state index contributed by atoms with van der Waals surface area (Å²) in [6.07, 6.45) is 1.67. The highest BCUT2D eigenvalue weighted by atomic mass is 15.4. The van der Waals surface area contributed by atoms with Crippen LogP contribution >= 0.6 is 0 Å². The molecule has 0 aliphatic carbocycles. The standard InChI is InChI=1S/C7H15N5/c1-7(2,8)5-9-6-4-10-11-12(6)3/h4,9H,5,8H2,1-3H3. The van der Waals surface area contributed by atoms with Crippen LogP contribution < -0.4 is 11.1 Å². The lowest BCUT2D eigenvalue weighted by atomic mass is 10.1. The summed E-state index contributed by atoms with van der Waals surface area (Å²) in [5, 5.41) is 10.7. The Morgan fingerprint density at radius 3 is 2.75 bits per heavy atom. The van der Waals surface area contributed by atoms with E-state index in [0.717, 1.165) is 5.82 Å². The molecule has 0 unspecified atom stereocenters. The molecule has 0 fully saturated rings. The number of hydrogen-bond donors (Lipinski definition) is 2. The van der Waals surface area contributed by atoms with E-state index >= 15 is 0 Å². The molecule has 0 atom stereocenters. The van der Waals surface area contributed by atoms with E-state index in [9.17, 15) is 0 Å². The molecule has 68 valence electrons. The minimum Gasteiger partial charge on any atom is -0.367 e. The largest absolute Gasteiger partial charge is 0.367 e. The summed E-state index contributed by atoms with van der Waals surface area (Å²) < 4.78 is 1.67. The van der Waals surface area contributed by atoms with Crippen molar-refractivity contribution in [2.45, 2.75) is 19.4 Å². The van der Waals surface area contributed by atoms with Crippen LogP contribution in [0.3, 0.4) is 0 Å². The van der Waals surface area contributed by atoms with E-state index < -0.39 is 0 Å². The number of nitrogens with one attached hydrogen (secondary N) is 1. The van der Waals surface area contributed by atoms with Crippen LogP contribution in [0, 0.1) is 0 Å². The van der Waals surface area contributed by atoms with Gasteiger partial charge in [-0.3, -0.25) is 0 Å². The minimum atomic E-state index is -0.218. The Morgan fingerprint density at radius 1 is 1.67 bits per heavy atom. The topological polar surface area (TPSA) is 68.8 Å². The van der Waals surface area contributed by atoms with Crippen LogP contribution in [-0.4, -0.2) is 27.1 Å². The molecule has 0 aliphatic rings. The number of anilines is 1. The number of aromatic nitrogens is 3. The first-order valence-corrected chi connectivity index (χ1v) is 3.86. The molecule has 0 radical (unpaired) electrons. The first-order chi connectivity index (χ1) is 5.49. The monoisotopic (exact) mass is 169 g/mol. The van der Waals surface area contributed by atoms with Gasteiger partial charge in [0.1, 0.15) is 5.82 Å². The summed E-state index contributed by atoms with van der Waals surface area (Å²) in [6, 6.07) is 0. The van der Waals surface area contributed by atoms with E-state index in [1.807, 2.05) is 20.9 Å². The van der Waals surface area contributed by atoms with Crippen molar-refractivity contribution >= 4 is 5.82 Å².